The molecule has 1 heterocycles. The highest BCUT2D eigenvalue weighted by atomic mass is 16.6. The molecular formula is C20H30N2O4. The summed E-state index contributed by atoms with van der Waals surface area (Å²) in [5, 5.41) is 23.8. The molecule has 2 aliphatic rings. The van der Waals surface area contributed by atoms with Crippen molar-refractivity contribution in [2.45, 2.75) is 76.5 Å². The summed E-state index contributed by atoms with van der Waals surface area (Å²) < 4.78 is 5.38. The van der Waals surface area contributed by atoms with Gasteiger partial charge in [-0.2, -0.15) is 0 Å². The van der Waals surface area contributed by atoms with Crippen molar-refractivity contribution in [3.8, 4) is 0 Å². The van der Waals surface area contributed by atoms with Crippen LogP contribution >= 0.6 is 0 Å². The van der Waals surface area contributed by atoms with Crippen molar-refractivity contribution in [1.82, 2.24) is 10.2 Å². The summed E-state index contributed by atoms with van der Waals surface area (Å²) in [5.41, 5.74) is 1.99. The van der Waals surface area contributed by atoms with Gasteiger partial charge in [-0.25, -0.2) is 4.79 Å². The molecule has 1 fully saturated rings. The minimum Gasteiger partial charge on any atom is -0.444 e. The van der Waals surface area contributed by atoms with Gasteiger partial charge in [-0.15, -0.1) is 0 Å². The second-order valence-electron chi connectivity index (χ2n) is 8.37. The highest BCUT2D eigenvalue weighted by molar-refractivity contribution is 5.68. The minimum absolute atomic E-state index is 0.256. The molecule has 1 aromatic carbocycles. The molecule has 0 spiro atoms. The lowest BCUT2D eigenvalue weighted by Gasteiger charge is -2.46. The quantitative estimate of drug-likeness (QED) is 0.748. The summed E-state index contributed by atoms with van der Waals surface area (Å²) in [6, 6.07) is 7.71. The lowest BCUT2D eigenvalue weighted by Crippen LogP contribution is -2.63. The van der Waals surface area contributed by atoms with E-state index in [-0.39, 0.29) is 12.1 Å². The number of benzene rings is 1. The monoisotopic (exact) mass is 362 g/mol. The van der Waals surface area contributed by atoms with Crippen LogP contribution in [0.5, 0.6) is 0 Å². The Bertz CT molecular complexity index is 643. The van der Waals surface area contributed by atoms with E-state index in [0.29, 0.717) is 19.4 Å². The van der Waals surface area contributed by atoms with Crippen molar-refractivity contribution < 1.29 is 19.7 Å². The highest BCUT2D eigenvalue weighted by Crippen LogP contribution is 2.29. The zero-order chi connectivity index (χ0) is 18.9. The number of alkyl carbamates (subject to hydrolysis) is 1. The van der Waals surface area contributed by atoms with Gasteiger partial charge >= 0.3 is 6.09 Å². The van der Waals surface area contributed by atoms with Gasteiger partial charge in [-0.1, -0.05) is 24.3 Å². The van der Waals surface area contributed by atoms with Crippen LogP contribution in [-0.4, -0.2) is 57.6 Å². The maximum atomic E-state index is 12.2. The first-order chi connectivity index (χ1) is 12.2. The Kier molecular flexibility index (Phi) is 5.55. The number of rotatable bonds is 2. The second kappa shape index (κ2) is 7.55. The van der Waals surface area contributed by atoms with Crippen molar-refractivity contribution in [3.63, 3.8) is 0 Å². The highest BCUT2D eigenvalue weighted by Gasteiger charge is 2.43. The minimum atomic E-state index is -0.894. The number of ether oxygens (including phenoxy) is 1. The SMILES string of the molecule is CC(C)(C)OC(=O)N[C@@H]1CC[C@H](O)[C@H](O)[C@H]1N1CCc2ccccc2C1. The third-order valence-corrected chi connectivity index (χ3v) is 5.21. The average molecular weight is 362 g/mol. The van der Waals surface area contributed by atoms with E-state index in [1.807, 2.05) is 32.9 Å². The molecule has 3 rings (SSSR count). The van der Waals surface area contributed by atoms with Crippen LogP contribution in [0, 0.1) is 0 Å². The van der Waals surface area contributed by atoms with E-state index in [1.165, 1.54) is 11.1 Å². The van der Waals surface area contributed by atoms with Crippen molar-refractivity contribution in [2.24, 2.45) is 0 Å². The van der Waals surface area contributed by atoms with Crippen LogP contribution in [0.1, 0.15) is 44.7 Å². The average Bonchev–Trinajstić information content (AvgIpc) is 2.56. The number of aliphatic hydroxyl groups is 2. The summed E-state index contributed by atoms with van der Waals surface area (Å²) >= 11 is 0. The summed E-state index contributed by atoms with van der Waals surface area (Å²) in [6.07, 6.45) is -0.173. The summed E-state index contributed by atoms with van der Waals surface area (Å²) in [4.78, 5) is 14.4. The van der Waals surface area contributed by atoms with Gasteiger partial charge in [0.2, 0.25) is 0 Å². The van der Waals surface area contributed by atoms with Gasteiger partial charge in [0.25, 0.3) is 0 Å². The van der Waals surface area contributed by atoms with Crippen LogP contribution in [-0.2, 0) is 17.7 Å². The van der Waals surface area contributed by atoms with E-state index in [2.05, 4.69) is 22.3 Å². The molecule has 1 saturated carbocycles. The van der Waals surface area contributed by atoms with E-state index in [0.717, 1.165) is 13.0 Å². The van der Waals surface area contributed by atoms with Crippen LogP contribution in [0.2, 0.25) is 0 Å². The van der Waals surface area contributed by atoms with E-state index < -0.39 is 23.9 Å². The zero-order valence-corrected chi connectivity index (χ0v) is 15.8. The third kappa shape index (κ3) is 4.37. The van der Waals surface area contributed by atoms with Crippen LogP contribution in [0.3, 0.4) is 0 Å². The summed E-state index contributed by atoms with van der Waals surface area (Å²) in [6.45, 7) is 6.97. The zero-order valence-electron chi connectivity index (χ0n) is 15.8. The maximum Gasteiger partial charge on any atom is 0.407 e. The smallest absolute Gasteiger partial charge is 0.407 e. The number of carbonyl (C=O) groups is 1. The Morgan fingerprint density at radius 1 is 1.19 bits per heavy atom. The van der Waals surface area contributed by atoms with E-state index in [1.54, 1.807) is 0 Å². The number of fused-ring (bicyclic) bond motifs is 1. The van der Waals surface area contributed by atoms with Crippen molar-refractivity contribution >= 4 is 6.09 Å². The van der Waals surface area contributed by atoms with Crippen LogP contribution < -0.4 is 5.32 Å². The number of nitrogens with zero attached hydrogens (tertiary/aromatic N) is 1. The van der Waals surface area contributed by atoms with E-state index in [4.69, 9.17) is 4.74 Å². The van der Waals surface area contributed by atoms with E-state index >= 15 is 0 Å². The molecule has 0 saturated heterocycles. The maximum absolute atomic E-state index is 12.2. The van der Waals surface area contributed by atoms with Crippen molar-refractivity contribution in [1.29, 1.82) is 0 Å². The number of hydrogen-bond acceptors (Lipinski definition) is 5. The van der Waals surface area contributed by atoms with Gasteiger partial charge in [-0.05, 0) is 51.2 Å². The molecule has 1 aromatic rings. The fraction of sp³-hybridized carbons (Fsp3) is 0.650. The molecule has 26 heavy (non-hydrogen) atoms. The van der Waals surface area contributed by atoms with E-state index in [9.17, 15) is 15.0 Å². The molecule has 4 atom stereocenters. The number of carbonyl (C=O) groups excluding carboxylic acids is 1. The molecule has 0 radical (unpaired) electrons. The molecule has 3 N–H and O–H groups in total. The summed E-state index contributed by atoms with van der Waals surface area (Å²) in [5.74, 6) is 0. The first kappa shape index (κ1) is 19.1. The normalized spacial score (nSPS) is 29.7. The predicted molar refractivity (Wildman–Crippen MR) is 98.7 cm³/mol. The lowest BCUT2D eigenvalue weighted by atomic mass is 9.83. The molecule has 1 amide bonds. The van der Waals surface area contributed by atoms with Gasteiger partial charge in [-0.3, -0.25) is 4.90 Å². The van der Waals surface area contributed by atoms with Gasteiger partial charge in [0.1, 0.15) is 5.60 Å². The Morgan fingerprint density at radius 2 is 1.88 bits per heavy atom. The molecule has 6 heteroatoms. The topological polar surface area (TPSA) is 82.0 Å². The van der Waals surface area contributed by atoms with Gasteiger partial charge < -0.3 is 20.3 Å². The third-order valence-electron chi connectivity index (χ3n) is 5.21. The molecule has 0 bridgehead atoms. The van der Waals surface area contributed by atoms with Gasteiger partial charge in [0, 0.05) is 13.1 Å². The lowest BCUT2D eigenvalue weighted by molar-refractivity contribution is -0.0805. The van der Waals surface area contributed by atoms with Gasteiger partial charge in [0.05, 0.1) is 24.3 Å². The largest absolute Gasteiger partial charge is 0.444 e. The van der Waals surface area contributed by atoms with Crippen LogP contribution in [0.25, 0.3) is 0 Å². The first-order valence-electron chi connectivity index (χ1n) is 9.41. The fourth-order valence-corrected chi connectivity index (χ4v) is 4.02. The molecule has 1 aliphatic carbocycles. The number of aliphatic hydroxyl groups excluding tert-OH is 2. The number of nitrogens with one attached hydrogen (secondary N) is 1. The van der Waals surface area contributed by atoms with Gasteiger partial charge in [0.15, 0.2) is 0 Å². The Morgan fingerprint density at radius 3 is 2.58 bits per heavy atom. The van der Waals surface area contributed by atoms with Crippen LogP contribution in [0.15, 0.2) is 24.3 Å². The Labute approximate surface area is 155 Å². The Hall–Kier alpha value is -1.63. The predicted octanol–water partition coefficient (Wildman–Crippen LogP) is 1.82. The first-order valence-corrected chi connectivity index (χ1v) is 9.41. The molecular weight excluding hydrogens is 332 g/mol. The van der Waals surface area contributed by atoms with Crippen molar-refractivity contribution in [2.75, 3.05) is 6.54 Å². The fourth-order valence-electron chi connectivity index (χ4n) is 4.02. The Balaban J connectivity index is 1.75. The number of hydrogen-bond donors (Lipinski definition) is 3. The van der Waals surface area contributed by atoms with Crippen LogP contribution in [0.4, 0.5) is 4.79 Å². The molecule has 0 unspecified atom stereocenters. The molecule has 6 nitrogen and oxygen atoms in total. The molecule has 144 valence electrons. The standard InChI is InChI=1S/C20H30N2O4/c1-20(2,3)26-19(25)21-15-8-9-16(23)18(24)17(15)22-11-10-13-6-4-5-7-14(13)12-22/h4-7,15-18,23-24H,8-12H2,1-3H3,(H,21,25)/t15-,16+,17+,18+/m1/s1. The van der Waals surface area contributed by atoms with Crippen molar-refractivity contribution in [3.05, 3.63) is 35.4 Å². The number of amides is 1. The second-order valence-corrected chi connectivity index (χ2v) is 8.37. The molecule has 1 aliphatic heterocycles. The molecule has 0 aromatic heterocycles. The summed E-state index contributed by atoms with van der Waals surface area (Å²) in [7, 11) is 0.